The molecule has 2 aromatic heterocycles. The Morgan fingerprint density at radius 3 is 2.69 bits per heavy atom. The summed E-state index contributed by atoms with van der Waals surface area (Å²) in [4.78, 5) is 21.3. The second kappa shape index (κ2) is 8.41. The zero-order chi connectivity index (χ0) is 20.5. The van der Waals surface area contributed by atoms with Crippen molar-refractivity contribution in [1.29, 1.82) is 0 Å². The first kappa shape index (κ1) is 20.3. The monoisotopic (exact) mass is 523 g/mol. The van der Waals surface area contributed by atoms with Crippen molar-refractivity contribution in [1.82, 2.24) is 13.1 Å². The number of nitrogens with one attached hydrogen (secondary N) is 1. The minimum atomic E-state index is -0.996. The van der Waals surface area contributed by atoms with Gasteiger partial charge >= 0.3 is 164 Å². The number of ether oxygens (including phenoxy) is 1. The number of hydrogen-bond donors (Lipinski definition) is 2. The van der Waals surface area contributed by atoms with E-state index in [1.54, 1.807) is 19.2 Å². The van der Waals surface area contributed by atoms with Crippen molar-refractivity contribution in [3.63, 3.8) is 0 Å². The molecule has 150 valence electrons. The summed E-state index contributed by atoms with van der Waals surface area (Å²) in [6.07, 6.45) is 1.47. The fourth-order valence-corrected chi connectivity index (χ4v) is 4.76. The first-order valence-corrected chi connectivity index (χ1v) is 11.5. The number of hydrogen-bond acceptors (Lipinski definition) is 5. The maximum atomic E-state index is 11.5. The van der Waals surface area contributed by atoms with Gasteiger partial charge in [0, 0.05) is 6.20 Å². The number of halogens is 2. The number of nitrogens with zero attached hydrogens (tertiary/aromatic N) is 3. The molecule has 3 aromatic rings. The number of fused-ring (bicyclic) bond motifs is 1. The molecule has 1 aliphatic rings. The third kappa shape index (κ3) is 3.90. The SMILES string of the molecule is [B][I-]N1CCN(c2ccc(-c3cc4c(C(=O)O)c[nH]c4cc3Cl)c(OC)n2)CC1. The number of piperazine rings is 1. The standard InChI is InChI=1S/C19H18BClIN4O3/c1-29-18-11(2-3-17(24-18)25-4-6-26(22-20)7-5-25)12-8-13-14(19(27)28)10-23-16(13)9-15(12)21/h2-3,8-10,23H,4-7H2,1H3,(H,27,28)/q-1. The second-order valence-corrected chi connectivity index (χ2v) is 8.93. The third-order valence-corrected chi connectivity index (χ3v) is 7.08. The number of aromatic nitrogens is 2. The van der Waals surface area contributed by atoms with Crippen LogP contribution in [-0.4, -0.2) is 63.1 Å². The minimum absolute atomic E-state index is 0.196. The molecule has 1 aliphatic heterocycles. The molecule has 0 atom stereocenters. The normalized spacial score (nSPS) is 15.2. The molecule has 0 saturated carbocycles. The van der Waals surface area contributed by atoms with Crippen molar-refractivity contribution in [3.8, 4) is 17.0 Å². The summed E-state index contributed by atoms with van der Waals surface area (Å²) in [6, 6.07) is 7.35. The molecule has 0 spiro atoms. The van der Waals surface area contributed by atoms with Crippen LogP contribution in [0.15, 0.2) is 30.5 Å². The van der Waals surface area contributed by atoms with Gasteiger partial charge in [-0.3, -0.25) is 0 Å². The predicted octanol–water partition coefficient (Wildman–Crippen LogP) is -0.200. The van der Waals surface area contributed by atoms with Crippen LogP contribution < -0.4 is 30.9 Å². The van der Waals surface area contributed by atoms with E-state index in [4.69, 9.17) is 22.0 Å². The van der Waals surface area contributed by atoms with Crippen LogP contribution in [0.1, 0.15) is 10.4 Å². The molecule has 2 radical (unpaired) electrons. The average molecular weight is 524 g/mol. The van der Waals surface area contributed by atoms with Crippen molar-refractivity contribution < 1.29 is 35.9 Å². The Kier molecular flexibility index (Phi) is 5.89. The Morgan fingerprint density at radius 1 is 1.28 bits per heavy atom. The molecule has 7 nitrogen and oxygen atoms in total. The molecule has 0 bridgehead atoms. The van der Waals surface area contributed by atoms with Gasteiger partial charge < -0.3 is 10.1 Å². The fraction of sp³-hybridized carbons (Fsp3) is 0.263. The summed E-state index contributed by atoms with van der Waals surface area (Å²) >= 11 is 6.13. The van der Waals surface area contributed by atoms with Crippen molar-refractivity contribution in [2.75, 3.05) is 38.2 Å². The molecule has 0 amide bonds. The van der Waals surface area contributed by atoms with E-state index in [-0.39, 0.29) is 26.8 Å². The molecular weight excluding hydrogens is 505 g/mol. The van der Waals surface area contributed by atoms with Crippen LogP contribution in [0.25, 0.3) is 22.0 Å². The van der Waals surface area contributed by atoms with Gasteiger partial charge in [-0.15, -0.1) is 0 Å². The van der Waals surface area contributed by atoms with Crippen LogP contribution in [0.5, 0.6) is 5.88 Å². The number of rotatable bonds is 5. The molecule has 2 N–H and O–H groups in total. The Labute approximate surface area is 184 Å². The van der Waals surface area contributed by atoms with E-state index >= 15 is 0 Å². The number of aromatic amines is 1. The summed E-state index contributed by atoms with van der Waals surface area (Å²) in [5.41, 5.74) is 8.08. The quantitative estimate of drug-likeness (QED) is 0.274. The van der Waals surface area contributed by atoms with Crippen LogP contribution in [0.3, 0.4) is 0 Å². The zero-order valence-corrected chi connectivity index (χ0v) is 18.6. The van der Waals surface area contributed by atoms with Gasteiger partial charge in [0.1, 0.15) is 0 Å². The summed E-state index contributed by atoms with van der Waals surface area (Å²) in [5, 5.41) is 10.5. The predicted molar refractivity (Wildman–Crippen MR) is 110 cm³/mol. The van der Waals surface area contributed by atoms with Crippen LogP contribution >= 0.6 is 11.6 Å². The van der Waals surface area contributed by atoms with Gasteiger partial charge in [0.15, 0.2) is 0 Å². The Hall–Kier alpha value is -1.98. The van der Waals surface area contributed by atoms with E-state index in [0.29, 0.717) is 32.9 Å². The average Bonchev–Trinajstić information content (AvgIpc) is 3.15. The topological polar surface area (TPSA) is 81.7 Å². The van der Waals surface area contributed by atoms with Gasteiger partial charge in [-0.25, -0.2) is 4.79 Å². The van der Waals surface area contributed by atoms with Gasteiger partial charge in [-0.05, 0) is 0 Å². The fourth-order valence-electron chi connectivity index (χ4n) is 3.50. The first-order valence-electron chi connectivity index (χ1n) is 8.94. The molecule has 1 fully saturated rings. The Bertz CT molecular complexity index is 1070. The number of pyridine rings is 1. The Morgan fingerprint density at radius 2 is 2.03 bits per heavy atom. The van der Waals surface area contributed by atoms with Gasteiger partial charge in [0.05, 0.1) is 0 Å². The van der Waals surface area contributed by atoms with Crippen LogP contribution in [0.2, 0.25) is 5.02 Å². The number of benzene rings is 1. The van der Waals surface area contributed by atoms with Crippen molar-refractivity contribution >= 4 is 40.0 Å². The van der Waals surface area contributed by atoms with Crippen molar-refractivity contribution in [2.24, 2.45) is 0 Å². The summed E-state index contributed by atoms with van der Waals surface area (Å²) in [7, 11) is 1.57. The number of H-pyrrole nitrogens is 1. The summed E-state index contributed by atoms with van der Waals surface area (Å²) in [5.74, 6) is 0.291. The number of carboxylic acid groups (broad SMARTS) is 1. The van der Waals surface area contributed by atoms with E-state index in [9.17, 15) is 9.90 Å². The number of anilines is 1. The maximum absolute atomic E-state index is 11.5. The Balaban J connectivity index is 1.72. The first-order chi connectivity index (χ1) is 14.0. The van der Waals surface area contributed by atoms with E-state index in [1.807, 2.05) is 12.1 Å². The number of carboxylic acids is 1. The second-order valence-electron chi connectivity index (χ2n) is 6.61. The summed E-state index contributed by atoms with van der Waals surface area (Å²) in [6.45, 7) is 3.60. The summed E-state index contributed by atoms with van der Waals surface area (Å²) < 4.78 is 7.85. The molecule has 3 heterocycles. The molecule has 1 aromatic carbocycles. The van der Waals surface area contributed by atoms with Crippen LogP contribution in [0, 0.1) is 0 Å². The third-order valence-electron chi connectivity index (χ3n) is 5.02. The van der Waals surface area contributed by atoms with Gasteiger partial charge in [-0.2, -0.15) is 0 Å². The van der Waals surface area contributed by atoms with Crippen LogP contribution in [0.4, 0.5) is 5.82 Å². The van der Waals surface area contributed by atoms with E-state index in [1.165, 1.54) is 6.20 Å². The zero-order valence-electron chi connectivity index (χ0n) is 15.7. The number of methoxy groups -OCH3 is 1. The van der Waals surface area contributed by atoms with Crippen molar-refractivity contribution in [3.05, 3.63) is 41.0 Å². The molecule has 10 heteroatoms. The van der Waals surface area contributed by atoms with Gasteiger partial charge in [0.25, 0.3) is 0 Å². The molecule has 0 unspecified atom stereocenters. The van der Waals surface area contributed by atoms with Crippen molar-refractivity contribution in [2.45, 2.75) is 0 Å². The molecule has 1 saturated heterocycles. The molecular formula is C19H18BClIN4O3-. The van der Waals surface area contributed by atoms with Crippen LogP contribution in [-0.2, 0) is 0 Å². The van der Waals surface area contributed by atoms with E-state index < -0.39 is 5.97 Å². The molecule has 29 heavy (non-hydrogen) atoms. The van der Waals surface area contributed by atoms with E-state index in [0.717, 1.165) is 32.0 Å². The molecule has 4 rings (SSSR count). The number of carbonyl (C=O) groups is 1. The van der Waals surface area contributed by atoms with E-state index in [2.05, 4.69) is 18.0 Å². The molecule has 0 aliphatic carbocycles. The van der Waals surface area contributed by atoms with Gasteiger partial charge in [-0.1, -0.05) is 0 Å². The van der Waals surface area contributed by atoms with Gasteiger partial charge in [0.2, 0.25) is 0 Å². The number of aromatic carboxylic acids is 1.